The maximum absolute atomic E-state index is 13.6. The smallest absolute Gasteiger partial charge is 0.326 e. The Hall–Kier alpha value is -4.54. The number of ether oxygens (including phenoxy) is 1. The number of H-pyrrole nitrogens is 1. The van der Waals surface area contributed by atoms with Crippen molar-refractivity contribution in [3.63, 3.8) is 0 Å². The highest BCUT2D eigenvalue weighted by atomic mass is 16.5. The lowest BCUT2D eigenvalue weighted by Gasteiger charge is -2.22. The fourth-order valence-corrected chi connectivity index (χ4v) is 5.03. The van der Waals surface area contributed by atoms with E-state index in [1.807, 2.05) is 0 Å². The van der Waals surface area contributed by atoms with Gasteiger partial charge in [-0.1, -0.05) is 25.3 Å². The van der Waals surface area contributed by atoms with Crippen molar-refractivity contribution in [2.24, 2.45) is 0 Å². The summed E-state index contributed by atoms with van der Waals surface area (Å²) in [6, 6.07) is 8.07. The summed E-state index contributed by atoms with van der Waals surface area (Å²) in [4.78, 5) is 43.3. The molecular weight excluding hydrogens is 492 g/mol. The highest BCUT2D eigenvalue weighted by molar-refractivity contribution is 5.96. The molecule has 1 unspecified atom stereocenters. The van der Waals surface area contributed by atoms with Gasteiger partial charge in [0.1, 0.15) is 17.4 Å². The molecule has 0 radical (unpaired) electrons. The molecule has 1 atom stereocenters. The second kappa shape index (κ2) is 10.4. The van der Waals surface area contributed by atoms with Crippen molar-refractivity contribution < 1.29 is 29.0 Å². The number of fused-ring (bicyclic) bond motifs is 1. The van der Waals surface area contributed by atoms with Crippen molar-refractivity contribution in [3.05, 3.63) is 69.8 Å². The molecule has 4 aromatic rings. The van der Waals surface area contributed by atoms with Gasteiger partial charge in [0.25, 0.3) is 11.5 Å². The average molecular weight is 521 g/mol. The van der Waals surface area contributed by atoms with E-state index < -0.39 is 17.9 Å². The van der Waals surface area contributed by atoms with Gasteiger partial charge in [-0.3, -0.25) is 14.7 Å². The molecule has 1 aliphatic carbocycles. The largest absolute Gasteiger partial charge is 0.504 e. The number of rotatable bonds is 8. The summed E-state index contributed by atoms with van der Waals surface area (Å²) in [7, 11) is 1.39. The van der Waals surface area contributed by atoms with E-state index in [4.69, 9.17) is 9.15 Å². The Morgan fingerprint density at radius 3 is 2.71 bits per heavy atom. The molecule has 11 heteroatoms. The lowest BCUT2D eigenvalue weighted by Crippen LogP contribution is -2.42. The van der Waals surface area contributed by atoms with Crippen molar-refractivity contribution in [3.8, 4) is 23.0 Å². The molecule has 0 spiro atoms. The number of nitrogens with zero attached hydrogens (tertiary/aromatic N) is 2. The summed E-state index contributed by atoms with van der Waals surface area (Å²) in [5.41, 5.74) is 1.47. The van der Waals surface area contributed by atoms with Crippen LogP contribution < -0.4 is 15.6 Å². The number of methoxy groups -OCH3 is 1. The van der Waals surface area contributed by atoms with E-state index in [-0.39, 0.29) is 40.7 Å². The number of phenolic OH excluding ortho intramolecular Hbond substituents is 1. The number of carboxylic acids is 1. The van der Waals surface area contributed by atoms with Crippen LogP contribution in [0.2, 0.25) is 0 Å². The van der Waals surface area contributed by atoms with Gasteiger partial charge in [0, 0.05) is 12.5 Å². The van der Waals surface area contributed by atoms with E-state index in [0.717, 1.165) is 32.1 Å². The number of aromatic nitrogens is 3. The van der Waals surface area contributed by atoms with Crippen molar-refractivity contribution >= 4 is 17.5 Å². The van der Waals surface area contributed by atoms with Crippen molar-refractivity contribution in [1.29, 1.82) is 0 Å². The van der Waals surface area contributed by atoms with E-state index in [1.54, 1.807) is 18.2 Å². The van der Waals surface area contributed by atoms with Gasteiger partial charge < -0.3 is 24.7 Å². The number of furan rings is 1. The van der Waals surface area contributed by atoms with Gasteiger partial charge in [0.2, 0.25) is 0 Å². The monoisotopic (exact) mass is 520 g/mol. The first-order valence-corrected chi connectivity index (χ1v) is 12.4. The number of carbonyl (C=O) groups is 2. The highest BCUT2D eigenvalue weighted by Crippen LogP contribution is 2.36. The van der Waals surface area contributed by atoms with Crippen LogP contribution in [0.1, 0.15) is 59.6 Å². The number of aromatic amines is 1. The molecule has 11 nitrogen and oxygen atoms in total. The summed E-state index contributed by atoms with van der Waals surface area (Å²) in [5, 5.41) is 24.8. The number of aliphatic carboxylic acids is 1. The third-order valence-electron chi connectivity index (χ3n) is 6.95. The Kier molecular flexibility index (Phi) is 6.91. The Balaban J connectivity index is 1.47. The van der Waals surface area contributed by atoms with Gasteiger partial charge in [-0.15, -0.1) is 0 Å². The van der Waals surface area contributed by atoms with Crippen molar-refractivity contribution in [1.82, 2.24) is 19.9 Å². The first-order chi connectivity index (χ1) is 18.4. The molecule has 1 saturated carbocycles. The predicted molar refractivity (Wildman–Crippen MR) is 137 cm³/mol. The lowest BCUT2D eigenvalue weighted by molar-refractivity contribution is -0.139. The van der Waals surface area contributed by atoms with E-state index >= 15 is 0 Å². The standard InChI is InChI=1S/C27H28N4O7/c1-37-21-13-15(9-10-19(21)32)12-18(27(35)36)28-25(33)17-14-22-29-24(20-8-5-11-38-20)23(26(34)31(22)30-17)16-6-3-2-4-7-16/h5,8-11,13-14,16,18,30,32H,2-4,6-7,12H2,1H3,(H,28,33)(H,35,36). The third-order valence-corrected chi connectivity index (χ3v) is 6.95. The van der Waals surface area contributed by atoms with Gasteiger partial charge >= 0.3 is 5.97 Å². The summed E-state index contributed by atoms with van der Waals surface area (Å²) >= 11 is 0. The summed E-state index contributed by atoms with van der Waals surface area (Å²) in [6.45, 7) is 0. The third kappa shape index (κ3) is 4.86. The Morgan fingerprint density at radius 2 is 2.03 bits per heavy atom. The molecule has 5 rings (SSSR count). The first kappa shape index (κ1) is 25.1. The minimum atomic E-state index is -1.27. The van der Waals surface area contributed by atoms with Crippen LogP contribution in [0.5, 0.6) is 11.5 Å². The van der Waals surface area contributed by atoms with Crippen LogP contribution in [-0.2, 0) is 11.2 Å². The van der Waals surface area contributed by atoms with Crippen molar-refractivity contribution in [2.75, 3.05) is 7.11 Å². The van der Waals surface area contributed by atoms with E-state index in [9.17, 15) is 24.6 Å². The zero-order chi connectivity index (χ0) is 26.8. The number of benzene rings is 1. The van der Waals surface area contributed by atoms with Crippen LogP contribution in [0.25, 0.3) is 17.1 Å². The quantitative estimate of drug-likeness (QED) is 0.275. The molecule has 1 fully saturated rings. The van der Waals surface area contributed by atoms with E-state index in [2.05, 4.69) is 15.4 Å². The number of nitrogens with one attached hydrogen (secondary N) is 2. The van der Waals surface area contributed by atoms with Gasteiger partial charge in [0.15, 0.2) is 22.9 Å². The maximum atomic E-state index is 13.6. The fraction of sp³-hybridized carbons (Fsp3) is 0.333. The molecule has 4 N–H and O–H groups in total. The van der Waals surface area contributed by atoms with Crippen molar-refractivity contribution in [2.45, 2.75) is 50.5 Å². The topological polar surface area (TPSA) is 159 Å². The number of carboxylic acid groups (broad SMARTS) is 1. The van der Waals surface area contributed by atoms with Crippen LogP contribution in [-0.4, -0.2) is 49.8 Å². The molecule has 0 saturated heterocycles. The highest BCUT2D eigenvalue weighted by Gasteiger charge is 2.28. The minimum absolute atomic E-state index is 0.00433. The molecule has 1 aliphatic rings. The van der Waals surface area contributed by atoms with Crippen LogP contribution >= 0.6 is 0 Å². The van der Waals surface area contributed by atoms with Gasteiger partial charge in [0.05, 0.1) is 18.9 Å². The van der Waals surface area contributed by atoms with Crippen LogP contribution in [0.4, 0.5) is 0 Å². The summed E-state index contributed by atoms with van der Waals surface area (Å²) in [5.74, 6) is -1.32. The first-order valence-electron chi connectivity index (χ1n) is 12.4. The zero-order valence-electron chi connectivity index (χ0n) is 20.8. The van der Waals surface area contributed by atoms with E-state index in [1.165, 1.54) is 36.1 Å². The molecule has 1 amide bonds. The number of hydrogen-bond donors (Lipinski definition) is 4. The Morgan fingerprint density at radius 1 is 1.24 bits per heavy atom. The molecule has 0 bridgehead atoms. The normalized spacial score (nSPS) is 14.9. The number of aromatic hydroxyl groups is 1. The zero-order valence-corrected chi connectivity index (χ0v) is 20.8. The number of carbonyl (C=O) groups excluding carboxylic acids is 1. The molecule has 38 heavy (non-hydrogen) atoms. The SMILES string of the molecule is COc1cc(CC(NC(=O)c2cc3nc(-c4ccco4)c(C4CCCCC4)c(=O)n3[nH]2)C(=O)O)ccc1O. The summed E-state index contributed by atoms with van der Waals surface area (Å²) < 4.78 is 11.9. The van der Waals surface area contributed by atoms with Crippen LogP contribution in [0, 0.1) is 0 Å². The van der Waals surface area contributed by atoms with Crippen LogP contribution in [0.15, 0.2) is 51.9 Å². The number of phenols is 1. The predicted octanol–water partition coefficient (Wildman–Crippen LogP) is 3.47. The average Bonchev–Trinajstić information content (AvgIpc) is 3.60. The minimum Gasteiger partial charge on any atom is -0.504 e. The molecule has 1 aromatic carbocycles. The van der Waals surface area contributed by atoms with E-state index in [0.29, 0.717) is 22.6 Å². The molecule has 3 heterocycles. The lowest BCUT2D eigenvalue weighted by atomic mass is 9.83. The van der Waals surface area contributed by atoms with Gasteiger partial charge in [-0.25, -0.2) is 14.3 Å². The van der Waals surface area contributed by atoms with Crippen LogP contribution in [0.3, 0.4) is 0 Å². The summed E-state index contributed by atoms with van der Waals surface area (Å²) in [6.07, 6.45) is 6.37. The van der Waals surface area contributed by atoms with Gasteiger partial charge in [-0.2, -0.15) is 0 Å². The molecular formula is C27H28N4O7. The molecule has 3 aromatic heterocycles. The molecule has 198 valence electrons. The second-order valence-electron chi connectivity index (χ2n) is 9.43. The van der Waals surface area contributed by atoms with Gasteiger partial charge in [-0.05, 0) is 48.6 Å². The fourth-order valence-electron chi connectivity index (χ4n) is 5.03. The Bertz CT molecular complexity index is 1530. The number of hydrogen-bond acceptors (Lipinski definition) is 7. The maximum Gasteiger partial charge on any atom is 0.326 e. The second-order valence-corrected chi connectivity index (χ2v) is 9.43. The Labute approximate surface area is 217 Å². The number of amides is 1. The molecule has 0 aliphatic heterocycles.